The molecule has 0 heterocycles. The quantitative estimate of drug-likeness (QED) is 0.595. The first-order valence-electron chi connectivity index (χ1n) is 5.04. The van der Waals surface area contributed by atoms with Crippen molar-refractivity contribution in [2.24, 2.45) is 5.41 Å². The van der Waals surface area contributed by atoms with Crippen molar-refractivity contribution < 1.29 is 13.2 Å². The lowest BCUT2D eigenvalue weighted by Crippen LogP contribution is -2.33. The standard InChI is InChI=1S/C12H19F3/c1-6-9(2)7-8-10(3)11(4,5)12(13,14)15/h7-8H,6H2,1-5H3/b9-7+,10-8+. The Hall–Kier alpha value is -0.730. The fourth-order valence-corrected chi connectivity index (χ4v) is 0.817. The van der Waals surface area contributed by atoms with Crippen molar-refractivity contribution in [3.63, 3.8) is 0 Å². The van der Waals surface area contributed by atoms with Gasteiger partial charge in [0.1, 0.15) is 0 Å². The fraction of sp³-hybridized carbons (Fsp3) is 0.667. The third-order valence-electron chi connectivity index (χ3n) is 2.87. The predicted octanol–water partition coefficient (Wildman–Crippen LogP) is 4.88. The largest absolute Gasteiger partial charge is 0.397 e. The van der Waals surface area contributed by atoms with Crippen LogP contribution in [0.5, 0.6) is 0 Å². The van der Waals surface area contributed by atoms with Crippen molar-refractivity contribution in [3.8, 4) is 0 Å². The van der Waals surface area contributed by atoms with E-state index in [4.69, 9.17) is 0 Å². The molecule has 0 atom stereocenters. The van der Waals surface area contributed by atoms with Gasteiger partial charge in [-0.1, -0.05) is 30.2 Å². The molecule has 0 unspecified atom stereocenters. The normalized spacial score (nSPS) is 15.7. The summed E-state index contributed by atoms with van der Waals surface area (Å²) in [6, 6.07) is 0. The minimum Gasteiger partial charge on any atom is -0.170 e. The van der Waals surface area contributed by atoms with Crippen LogP contribution in [0.3, 0.4) is 0 Å². The van der Waals surface area contributed by atoms with E-state index in [1.165, 1.54) is 20.8 Å². The molecule has 0 amide bonds. The number of allylic oxidation sites excluding steroid dienone is 4. The van der Waals surface area contributed by atoms with Crippen molar-refractivity contribution in [1.82, 2.24) is 0 Å². The minimum absolute atomic E-state index is 0.336. The van der Waals surface area contributed by atoms with Gasteiger partial charge in [0.25, 0.3) is 0 Å². The van der Waals surface area contributed by atoms with E-state index in [2.05, 4.69) is 0 Å². The summed E-state index contributed by atoms with van der Waals surface area (Å²) >= 11 is 0. The van der Waals surface area contributed by atoms with Crippen molar-refractivity contribution >= 4 is 0 Å². The molecule has 3 heteroatoms. The molecule has 0 aliphatic heterocycles. The average Bonchev–Trinajstić information content (AvgIpc) is 2.11. The van der Waals surface area contributed by atoms with Gasteiger partial charge in [-0.3, -0.25) is 0 Å². The van der Waals surface area contributed by atoms with E-state index in [0.717, 1.165) is 12.0 Å². The highest BCUT2D eigenvalue weighted by Crippen LogP contribution is 2.43. The maximum Gasteiger partial charge on any atom is 0.397 e. The van der Waals surface area contributed by atoms with Gasteiger partial charge in [0, 0.05) is 0 Å². The number of hydrogen-bond donors (Lipinski definition) is 0. The smallest absolute Gasteiger partial charge is 0.170 e. The molecule has 0 bridgehead atoms. The van der Waals surface area contributed by atoms with Crippen molar-refractivity contribution in [2.45, 2.75) is 47.2 Å². The summed E-state index contributed by atoms with van der Waals surface area (Å²) in [5.41, 5.74) is -0.340. The van der Waals surface area contributed by atoms with E-state index >= 15 is 0 Å². The molecule has 0 radical (unpaired) electrons. The zero-order valence-corrected chi connectivity index (χ0v) is 10.00. The monoisotopic (exact) mass is 220 g/mol. The van der Waals surface area contributed by atoms with Gasteiger partial charge in [0.05, 0.1) is 5.41 Å². The van der Waals surface area contributed by atoms with E-state index in [-0.39, 0.29) is 0 Å². The molecule has 0 saturated carbocycles. The van der Waals surface area contributed by atoms with Gasteiger partial charge in [-0.2, -0.15) is 13.2 Å². The second kappa shape index (κ2) is 4.86. The lowest BCUT2D eigenvalue weighted by molar-refractivity contribution is -0.197. The van der Waals surface area contributed by atoms with Gasteiger partial charge >= 0.3 is 6.18 Å². The van der Waals surface area contributed by atoms with Crippen LogP contribution in [-0.4, -0.2) is 6.18 Å². The van der Waals surface area contributed by atoms with Crippen LogP contribution in [0.15, 0.2) is 23.3 Å². The Morgan fingerprint density at radius 2 is 1.53 bits per heavy atom. The third kappa shape index (κ3) is 3.73. The van der Waals surface area contributed by atoms with Crippen molar-refractivity contribution in [2.75, 3.05) is 0 Å². The van der Waals surface area contributed by atoms with E-state index in [1.807, 2.05) is 13.8 Å². The van der Waals surface area contributed by atoms with E-state index in [1.54, 1.807) is 12.2 Å². The van der Waals surface area contributed by atoms with Gasteiger partial charge in [-0.05, 0) is 34.1 Å². The zero-order valence-electron chi connectivity index (χ0n) is 10.00. The molecule has 0 aromatic rings. The van der Waals surface area contributed by atoms with Crippen LogP contribution < -0.4 is 0 Å². The molecule has 0 aliphatic carbocycles. The Morgan fingerprint density at radius 3 is 1.87 bits per heavy atom. The lowest BCUT2D eigenvalue weighted by Gasteiger charge is -2.28. The number of rotatable bonds is 3. The van der Waals surface area contributed by atoms with E-state index in [0.29, 0.717) is 5.57 Å². The highest BCUT2D eigenvalue weighted by atomic mass is 19.4. The Labute approximate surface area is 89.9 Å². The highest BCUT2D eigenvalue weighted by Gasteiger charge is 2.48. The molecule has 0 nitrogen and oxygen atoms in total. The summed E-state index contributed by atoms with van der Waals surface area (Å²) < 4.78 is 37.9. The van der Waals surface area contributed by atoms with E-state index in [9.17, 15) is 13.2 Å². The van der Waals surface area contributed by atoms with Gasteiger partial charge < -0.3 is 0 Å². The molecular formula is C12H19F3. The minimum atomic E-state index is -4.19. The molecule has 88 valence electrons. The number of alkyl halides is 3. The number of halogens is 3. The first kappa shape index (κ1) is 14.3. The van der Waals surface area contributed by atoms with Gasteiger partial charge in [-0.15, -0.1) is 0 Å². The Bertz CT molecular complexity index is 267. The predicted molar refractivity (Wildman–Crippen MR) is 57.6 cm³/mol. The Balaban J connectivity index is 4.93. The molecule has 0 rings (SSSR count). The molecule has 0 spiro atoms. The third-order valence-corrected chi connectivity index (χ3v) is 2.87. The second-order valence-electron chi connectivity index (χ2n) is 4.34. The second-order valence-corrected chi connectivity index (χ2v) is 4.34. The van der Waals surface area contributed by atoms with Gasteiger partial charge in [0.2, 0.25) is 0 Å². The van der Waals surface area contributed by atoms with E-state index < -0.39 is 11.6 Å². The Morgan fingerprint density at radius 1 is 1.07 bits per heavy atom. The summed E-state index contributed by atoms with van der Waals surface area (Å²) in [6.07, 6.45) is -0.0209. The fourth-order valence-electron chi connectivity index (χ4n) is 0.817. The van der Waals surface area contributed by atoms with Crippen LogP contribution in [0.1, 0.15) is 41.0 Å². The van der Waals surface area contributed by atoms with Crippen LogP contribution in [0.25, 0.3) is 0 Å². The van der Waals surface area contributed by atoms with Crippen LogP contribution in [0, 0.1) is 5.41 Å². The van der Waals surface area contributed by atoms with Gasteiger partial charge in [-0.25, -0.2) is 0 Å². The van der Waals surface area contributed by atoms with Crippen molar-refractivity contribution in [3.05, 3.63) is 23.3 Å². The molecular weight excluding hydrogens is 201 g/mol. The zero-order chi connectivity index (χ0) is 12.3. The molecule has 0 aromatic carbocycles. The summed E-state index contributed by atoms with van der Waals surface area (Å²) in [7, 11) is 0. The summed E-state index contributed by atoms with van der Waals surface area (Å²) in [5, 5.41) is 0. The molecule has 0 aromatic heterocycles. The van der Waals surface area contributed by atoms with Crippen LogP contribution in [-0.2, 0) is 0 Å². The molecule has 0 saturated heterocycles. The van der Waals surface area contributed by atoms with Crippen LogP contribution in [0.2, 0.25) is 0 Å². The first-order chi connectivity index (χ1) is 6.63. The summed E-state index contributed by atoms with van der Waals surface area (Å²) in [5.74, 6) is 0. The lowest BCUT2D eigenvalue weighted by atomic mass is 9.84. The average molecular weight is 220 g/mol. The maximum atomic E-state index is 12.6. The summed E-state index contributed by atoms with van der Waals surface area (Å²) in [6.45, 7) is 7.81. The molecule has 15 heavy (non-hydrogen) atoms. The highest BCUT2D eigenvalue weighted by molar-refractivity contribution is 5.21. The maximum absolute atomic E-state index is 12.6. The summed E-state index contributed by atoms with van der Waals surface area (Å²) in [4.78, 5) is 0. The molecule has 0 fully saturated rings. The molecule has 0 aliphatic rings. The van der Waals surface area contributed by atoms with Crippen LogP contribution >= 0.6 is 0 Å². The first-order valence-corrected chi connectivity index (χ1v) is 5.04. The molecule has 0 N–H and O–H groups in total. The van der Waals surface area contributed by atoms with Crippen LogP contribution in [0.4, 0.5) is 13.2 Å². The number of hydrogen-bond acceptors (Lipinski definition) is 0. The Kier molecular flexibility index (Phi) is 4.63. The van der Waals surface area contributed by atoms with Gasteiger partial charge in [0.15, 0.2) is 0 Å². The topological polar surface area (TPSA) is 0 Å². The van der Waals surface area contributed by atoms with Crippen molar-refractivity contribution in [1.29, 1.82) is 0 Å². The SMILES string of the molecule is CC/C(C)=C/C=C(\C)C(C)(C)C(F)(F)F.